The Bertz CT molecular complexity index is 1360. The normalized spacial score (nSPS) is 17.0. The fourth-order valence-electron chi connectivity index (χ4n) is 4.00. The van der Waals surface area contributed by atoms with Crippen LogP contribution in [-0.4, -0.2) is 33.4 Å². The molecule has 1 aliphatic heterocycles. The van der Waals surface area contributed by atoms with E-state index in [1.54, 1.807) is 36.4 Å². The van der Waals surface area contributed by atoms with Crippen LogP contribution in [-0.2, 0) is 9.59 Å². The fraction of sp³-hybridized carbons (Fsp3) is 0.185. The zero-order valence-corrected chi connectivity index (χ0v) is 19.6. The van der Waals surface area contributed by atoms with E-state index in [9.17, 15) is 29.9 Å². The minimum atomic E-state index is -1.08. The third-order valence-electron chi connectivity index (χ3n) is 5.66. The first-order valence-corrected chi connectivity index (χ1v) is 11.2. The maximum absolute atomic E-state index is 13.2. The number of hydrogen-bond acceptors (Lipinski definition) is 7. The van der Waals surface area contributed by atoms with E-state index in [0.717, 1.165) is 6.07 Å². The summed E-state index contributed by atoms with van der Waals surface area (Å²) < 4.78 is 5.70. The van der Waals surface area contributed by atoms with Gasteiger partial charge in [0.05, 0.1) is 23.1 Å². The van der Waals surface area contributed by atoms with E-state index in [-0.39, 0.29) is 22.6 Å². The highest BCUT2D eigenvalue weighted by Gasteiger charge is 2.47. The van der Waals surface area contributed by atoms with Gasteiger partial charge in [-0.3, -0.25) is 24.6 Å². The number of rotatable bonds is 7. The van der Waals surface area contributed by atoms with Gasteiger partial charge in [0, 0.05) is 23.4 Å². The Morgan fingerprint density at radius 2 is 1.75 bits per heavy atom. The van der Waals surface area contributed by atoms with Gasteiger partial charge in [0.25, 0.3) is 17.4 Å². The molecular weight excluding hydrogens is 464 g/mol. The molecule has 3 aromatic carbocycles. The van der Waals surface area contributed by atoms with Crippen LogP contribution < -0.4 is 9.64 Å². The van der Waals surface area contributed by atoms with Crippen molar-refractivity contribution in [3.05, 3.63) is 99.6 Å². The predicted octanol–water partition coefficient (Wildman–Crippen LogP) is 4.96. The number of nitro benzene ring substituents is 1. The minimum Gasteiger partial charge on any atom is -0.508 e. The molecule has 0 aromatic heterocycles. The first kappa shape index (κ1) is 24.5. The third-order valence-corrected chi connectivity index (χ3v) is 5.66. The molecule has 9 heteroatoms. The number of aliphatic hydroxyl groups excluding tert-OH is 1. The number of hydrogen-bond donors (Lipinski definition) is 2. The summed E-state index contributed by atoms with van der Waals surface area (Å²) in [6.45, 7) is 4.55. The molecular formula is C27H24N2O7. The molecule has 1 aliphatic rings. The van der Waals surface area contributed by atoms with E-state index in [2.05, 4.69) is 0 Å². The Kier molecular flexibility index (Phi) is 6.73. The molecule has 1 atom stereocenters. The second-order valence-corrected chi connectivity index (χ2v) is 8.77. The van der Waals surface area contributed by atoms with Crippen molar-refractivity contribution in [2.45, 2.75) is 19.9 Å². The van der Waals surface area contributed by atoms with Crippen molar-refractivity contribution in [1.29, 1.82) is 0 Å². The number of phenols is 1. The van der Waals surface area contributed by atoms with Crippen molar-refractivity contribution in [2.75, 3.05) is 11.5 Å². The third kappa shape index (κ3) is 4.76. The molecule has 1 heterocycles. The Morgan fingerprint density at radius 1 is 1.06 bits per heavy atom. The highest BCUT2D eigenvalue weighted by atomic mass is 16.6. The number of carbonyl (C=O) groups excluding carboxylic acids is 2. The van der Waals surface area contributed by atoms with Gasteiger partial charge in [-0.1, -0.05) is 38.1 Å². The van der Waals surface area contributed by atoms with Gasteiger partial charge in [0.2, 0.25) is 0 Å². The lowest BCUT2D eigenvalue weighted by molar-refractivity contribution is -0.384. The van der Waals surface area contributed by atoms with Crippen LogP contribution in [0.5, 0.6) is 11.5 Å². The quantitative estimate of drug-likeness (QED) is 0.158. The summed E-state index contributed by atoms with van der Waals surface area (Å²) in [5, 5.41) is 32.4. The van der Waals surface area contributed by atoms with Crippen molar-refractivity contribution < 1.29 is 29.5 Å². The molecule has 4 rings (SSSR count). The first-order chi connectivity index (χ1) is 17.2. The van der Waals surface area contributed by atoms with Crippen molar-refractivity contribution in [3.63, 3.8) is 0 Å². The predicted molar refractivity (Wildman–Crippen MR) is 133 cm³/mol. The summed E-state index contributed by atoms with van der Waals surface area (Å²) in [4.78, 5) is 38.3. The van der Waals surface area contributed by atoms with Crippen molar-refractivity contribution in [1.82, 2.24) is 0 Å². The van der Waals surface area contributed by atoms with Crippen LogP contribution in [0.1, 0.15) is 31.0 Å². The van der Waals surface area contributed by atoms with Gasteiger partial charge in [0.15, 0.2) is 0 Å². The van der Waals surface area contributed by atoms with Crippen LogP contribution in [0.2, 0.25) is 0 Å². The van der Waals surface area contributed by atoms with E-state index in [1.165, 1.54) is 35.2 Å². The molecule has 184 valence electrons. The summed E-state index contributed by atoms with van der Waals surface area (Å²) in [5.41, 5.74) is 0.247. The zero-order valence-electron chi connectivity index (χ0n) is 19.6. The number of amides is 1. The maximum Gasteiger partial charge on any atom is 0.300 e. The number of nitrogens with zero attached hydrogens (tertiary/aromatic N) is 2. The molecule has 1 amide bonds. The molecule has 1 unspecified atom stereocenters. The molecule has 0 aliphatic carbocycles. The topological polar surface area (TPSA) is 130 Å². The number of nitro groups is 1. The number of anilines is 1. The number of Topliss-reactive ketones (excluding diaryl/α,β-unsaturated/α-hetero) is 1. The Labute approximate surface area is 207 Å². The molecule has 0 radical (unpaired) electrons. The molecule has 0 bridgehead atoms. The molecule has 0 saturated carbocycles. The standard InChI is InChI=1S/C27H24N2O7/c1-16(2)15-36-22-11-9-19(10-12-22)28-24(17-5-4-8-21(30)14-17)23(26(32)27(28)33)25(31)18-6-3-7-20(13-18)29(34)35/h3-14,16,24,30-31H,15H2,1-2H3/b25-23-. The van der Waals surface area contributed by atoms with E-state index in [1.807, 2.05) is 13.8 Å². The summed E-state index contributed by atoms with van der Waals surface area (Å²) in [6.07, 6.45) is 0. The zero-order chi connectivity index (χ0) is 26.0. The average Bonchev–Trinajstić information content (AvgIpc) is 3.13. The SMILES string of the molecule is CC(C)COc1ccc(N2C(=O)C(=O)/C(=C(\O)c3cccc([N+](=O)[O-])c3)C2c2cccc(O)c2)cc1. The Hall–Kier alpha value is -4.66. The fourth-order valence-corrected chi connectivity index (χ4v) is 4.00. The van der Waals surface area contributed by atoms with E-state index >= 15 is 0 Å². The Morgan fingerprint density at radius 3 is 2.39 bits per heavy atom. The van der Waals surface area contributed by atoms with Gasteiger partial charge < -0.3 is 14.9 Å². The number of ketones is 1. The number of phenolic OH excluding ortho intramolecular Hbond substituents is 1. The highest BCUT2D eigenvalue weighted by molar-refractivity contribution is 6.51. The van der Waals surface area contributed by atoms with Crippen LogP contribution in [0, 0.1) is 16.0 Å². The molecule has 3 aromatic rings. The number of non-ortho nitro benzene ring substituents is 1. The van der Waals surface area contributed by atoms with E-state index in [0.29, 0.717) is 29.5 Å². The summed E-state index contributed by atoms with van der Waals surface area (Å²) >= 11 is 0. The van der Waals surface area contributed by atoms with Gasteiger partial charge in [-0.25, -0.2) is 0 Å². The van der Waals surface area contributed by atoms with Crippen LogP contribution in [0.4, 0.5) is 11.4 Å². The number of ether oxygens (including phenoxy) is 1. The van der Waals surface area contributed by atoms with Gasteiger partial charge in [-0.15, -0.1) is 0 Å². The van der Waals surface area contributed by atoms with Gasteiger partial charge in [0.1, 0.15) is 17.3 Å². The summed E-state index contributed by atoms with van der Waals surface area (Å²) in [5.74, 6) is -1.56. The van der Waals surface area contributed by atoms with E-state index in [4.69, 9.17) is 4.74 Å². The van der Waals surface area contributed by atoms with Crippen LogP contribution in [0.15, 0.2) is 78.4 Å². The Balaban J connectivity index is 1.85. The van der Waals surface area contributed by atoms with Crippen molar-refractivity contribution in [2.24, 2.45) is 5.92 Å². The van der Waals surface area contributed by atoms with E-state index < -0.39 is 28.4 Å². The molecule has 2 N–H and O–H groups in total. The first-order valence-electron chi connectivity index (χ1n) is 11.2. The monoisotopic (exact) mass is 488 g/mol. The minimum absolute atomic E-state index is 0.0183. The maximum atomic E-state index is 13.2. The second-order valence-electron chi connectivity index (χ2n) is 8.77. The van der Waals surface area contributed by atoms with Crippen LogP contribution in [0.25, 0.3) is 5.76 Å². The highest BCUT2D eigenvalue weighted by Crippen LogP contribution is 2.43. The van der Waals surface area contributed by atoms with Gasteiger partial charge in [-0.05, 0) is 47.9 Å². The number of aromatic hydroxyl groups is 1. The van der Waals surface area contributed by atoms with Crippen LogP contribution >= 0.6 is 0 Å². The number of aliphatic hydroxyl groups is 1. The van der Waals surface area contributed by atoms with Gasteiger partial charge in [-0.2, -0.15) is 0 Å². The average molecular weight is 488 g/mol. The molecule has 1 saturated heterocycles. The molecule has 0 spiro atoms. The molecule has 1 fully saturated rings. The molecule has 36 heavy (non-hydrogen) atoms. The van der Waals surface area contributed by atoms with Crippen molar-refractivity contribution >= 4 is 28.8 Å². The smallest absolute Gasteiger partial charge is 0.300 e. The lowest BCUT2D eigenvalue weighted by Crippen LogP contribution is -2.29. The summed E-state index contributed by atoms with van der Waals surface area (Å²) in [7, 11) is 0. The second kappa shape index (κ2) is 9.91. The number of carbonyl (C=O) groups is 2. The van der Waals surface area contributed by atoms with Crippen molar-refractivity contribution in [3.8, 4) is 11.5 Å². The number of benzene rings is 3. The van der Waals surface area contributed by atoms with Gasteiger partial charge >= 0.3 is 0 Å². The summed E-state index contributed by atoms with van der Waals surface area (Å²) in [6, 6.07) is 16.7. The van der Waals surface area contributed by atoms with Crippen LogP contribution in [0.3, 0.4) is 0 Å². The largest absolute Gasteiger partial charge is 0.508 e. The molecule has 9 nitrogen and oxygen atoms in total. The lowest BCUT2D eigenvalue weighted by atomic mass is 9.95. The lowest BCUT2D eigenvalue weighted by Gasteiger charge is -2.25.